The molecule has 0 aromatic carbocycles. The summed E-state index contributed by atoms with van der Waals surface area (Å²) in [4.78, 5) is 2.52. The standard InChI is InChI=1S/C11H24N2O/c1-5-12-10(2)8-13-6-7-14-9-11(13,3)4/h10,12H,5-9H2,1-4H3. The molecule has 3 nitrogen and oxygen atoms in total. The average Bonchev–Trinajstić information content (AvgIpc) is 2.09. The SMILES string of the molecule is CCNC(C)CN1CCOCC1(C)C. The van der Waals surface area contributed by atoms with Crippen LogP contribution in [0.15, 0.2) is 0 Å². The average molecular weight is 200 g/mol. The highest BCUT2D eigenvalue weighted by atomic mass is 16.5. The predicted octanol–water partition coefficient (Wildman–Crippen LogP) is 1.10. The largest absolute Gasteiger partial charge is 0.378 e. The van der Waals surface area contributed by atoms with Crippen molar-refractivity contribution in [1.29, 1.82) is 0 Å². The lowest BCUT2D eigenvalue weighted by molar-refractivity contribution is -0.0536. The van der Waals surface area contributed by atoms with Gasteiger partial charge < -0.3 is 10.1 Å². The molecule has 1 unspecified atom stereocenters. The number of hydrogen-bond acceptors (Lipinski definition) is 3. The van der Waals surface area contributed by atoms with Crippen molar-refractivity contribution in [3.63, 3.8) is 0 Å². The second-order valence-corrected chi connectivity index (χ2v) is 4.77. The van der Waals surface area contributed by atoms with Crippen LogP contribution in [0, 0.1) is 0 Å². The number of ether oxygens (including phenoxy) is 1. The van der Waals surface area contributed by atoms with Crippen LogP contribution in [0.2, 0.25) is 0 Å². The van der Waals surface area contributed by atoms with Crippen LogP contribution in [0.3, 0.4) is 0 Å². The van der Waals surface area contributed by atoms with Crippen LogP contribution in [-0.4, -0.2) is 49.3 Å². The van der Waals surface area contributed by atoms with E-state index in [2.05, 4.69) is 37.9 Å². The van der Waals surface area contributed by atoms with Gasteiger partial charge in [-0.3, -0.25) is 4.90 Å². The van der Waals surface area contributed by atoms with Crippen LogP contribution in [0.4, 0.5) is 0 Å². The van der Waals surface area contributed by atoms with Crippen molar-refractivity contribution in [2.45, 2.75) is 39.3 Å². The summed E-state index contributed by atoms with van der Waals surface area (Å²) in [7, 11) is 0. The van der Waals surface area contributed by atoms with Crippen molar-refractivity contribution < 1.29 is 4.74 Å². The Bertz CT molecular complexity index is 171. The molecule has 1 aliphatic heterocycles. The summed E-state index contributed by atoms with van der Waals surface area (Å²) in [5, 5.41) is 3.45. The molecule has 1 rings (SSSR count). The second-order valence-electron chi connectivity index (χ2n) is 4.77. The molecular weight excluding hydrogens is 176 g/mol. The highest BCUT2D eigenvalue weighted by Gasteiger charge is 2.30. The summed E-state index contributed by atoms with van der Waals surface area (Å²) in [6, 6.07) is 0.567. The molecule has 1 aliphatic rings. The molecule has 0 bridgehead atoms. The Hall–Kier alpha value is -0.120. The van der Waals surface area contributed by atoms with E-state index in [4.69, 9.17) is 4.74 Å². The van der Waals surface area contributed by atoms with Crippen LogP contribution >= 0.6 is 0 Å². The zero-order valence-corrected chi connectivity index (χ0v) is 9.97. The van der Waals surface area contributed by atoms with Gasteiger partial charge in [0.05, 0.1) is 13.2 Å². The molecule has 0 aromatic rings. The summed E-state index contributed by atoms with van der Waals surface area (Å²) in [6.45, 7) is 13.9. The van der Waals surface area contributed by atoms with E-state index in [0.717, 1.165) is 32.8 Å². The molecule has 1 N–H and O–H groups in total. The number of morpholine rings is 1. The van der Waals surface area contributed by atoms with Gasteiger partial charge in [-0.1, -0.05) is 6.92 Å². The smallest absolute Gasteiger partial charge is 0.0645 e. The van der Waals surface area contributed by atoms with E-state index in [0.29, 0.717) is 6.04 Å². The van der Waals surface area contributed by atoms with Crippen LogP contribution in [0.25, 0.3) is 0 Å². The molecule has 84 valence electrons. The summed E-state index contributed by atoms with van der Waals surface area (Å²) < 4.78 is 5.49. The fourth-order valence-corrected chi connectivity index (χ4v) is 1.97. The predicted molar refractivity (Wildman–Crippen MR) is 59.6 cm³/mol. The molecular formula is C11H24N2O. The van der Waals surface area contributed by atoms with E-state index in [1.165, 1.54) is 0 Å². The highest BCUT2D eigenvalue weighted by Crippen LogP contribution is 2.18. The fraction of sp³-hybridized carbons (Fsp3) is 1.00. The minimum Gasteiger partial charge on any atom is -0.378 e. The fourth-order valence-electron chi connectivity index (χ4n) is 1.97. The molecule has 0 radical (unpaired) electrons. The first kappa shape index (κ1) is 12.0. The monoisotopic (exact) mass is 200 g/mol. The van der Waals surface area contributed by atoms with E-state index in [1.807, 2.05) is 0 Å². The van der Waals surface area contributed by atoms with Crippen LogP contribution in [0.5, 0.6) is 0 Å². The van der Waals surface area contributed by atoms with Gasteiger partial charge in [0.15, 0.2) is 0 Å². The Kier molecular flexibility index (Phi) is 4.35. The van der Waals surface area contributed by atoms with E-state index in [1.54, 1.807) is 0 Å². The van der Waals surface area contributed by atoms with Gasteiger partial charge in [0, 0.05) is 24.7 Å². The Labute approximate surface area is 87.8 Å². The van der Waals surface area contributed by atoms with Crippen molar-refractivity contribution in [3.8, 4) is 0 Å². The van der Waals surface area contributed by atoms with E-state index < -0.39 is 0 Å². The topological polar surface area (TPSA) is 24.5 Å². The summed E-state index contributed by atoms with van der Waals surface area (Å²) in [5.74, 6) is 0. The third-order valence-electron chi connectivity index (χ3n) is 2.86. The Morgan fingerprint density at radius 3 is 2.79 bits per heavy atom. The Balaban J connectivity index is 2.41. The second kappa shape index (κ2) is 5.10. The molecule has 0 saturated carbocycles. The van der Waals surface area contributed by atoms with Crippen molar-refractivity contribution in [3.05, 3.63) is 0 Å². The number of likely N-dealkylation sites (N-methyl/N-ethyl adjacent to an activating group) is 1. The van der Waals surface area contributed by atoms with E-state index in [9.17, 15) is 0 Å². The van der Waals surface area contributed by atoms with Gasteiger partial charge in [-0.05, 0) is 27.3 Å². The molecule has 1 saturated heterocycles. The summed E-state index contributed by atoms with van der Waals surface area (Å²) in [6.07, 6.45) is 0. The van der Waals surface area contributed by atoms with Crippen molar-refractivity contribution in [1.82, 2.24) is 10.2 Å². The van der Waals surface area contributed by atoms with Gasteiger partial charge in [0.2, 0.25) is 0 Å². The molecule has 1 atom stereocenters. The van der Waals surface area contributed by atoms with Gasteiger partial charge in [0.1, 0.15) is 0 Å². The Morgan fingerprint density at radius 1 is 1.50 bits per heavy atom. The van der Waals surface area contributed by atoms with Gasteiger partial charge in [-0.25, -0.2) is 0 Å². The van der Waals surface area contributed by atoms with Crippen LogP contribution in [0.1, 0.15) is 27.7 Å². The van der Waals surface area contributed by atoms with Gasteiger partial charge in [0.25, 0.3) is 0 Å². The number of hydrogen-bond donors (Lipinski definition) is 1. The minimum absolute atomic E-state index is 0.196. The maximum absolute atomic E-state index is 5.49. The zero-order valence-electron chi connectivity index (χ0n) is 9.97. The van der Waals surface area contributed by atoms with Crippen LogP contribution < -0.4 is 5.32 Å². The number of nitrogens with one attached hydrogen (secondary N) is 1. The lowest BCUT2D eigenvalue weighted by Crippen LogP contribution is -2.56. The molecule has 0 aliphatic carbocycles. The quantitative estimate of drug-likeness (QED) is 0.735. The Morgan fingerprint density at radius 2 is 2.21 bits per heavy atom. The third kappa shape index (κ3) is 3.23. The lowest BCUT2D eigenvalue weighted by atomic mass is 10.0. The normalized spacial score (nSPS) is 24.9. The maximum atomic E-state index is 5.49. The van der Waals surface area contributed by atoms with Crippen molar-refractivity contribution in [2.75, 3.05) is 32.8 Å². The zero-order chi connectivity index (χ0) is 10.6. The first-order valence-corrected chi connectivity index (χ1v) is 5.62. The number of nitrogens with zero attached hydrogens (tertiary/aromatic N) is 1. The van der Waals surface area contributed by atoms with Gasteiger partial charge in [-0.15, -0.1) is 0 Å². The molecule has 0 spiro atoms. The maximum Gasteiger partial charge on any atom is 0.0645 e. The van der Waals surface area contributed by atoms with Gasteiger partial charge >= 0.3 is 0 Å². The highest BCUT2D eigenvalue weighted by molar-refractivity contribution is 4.86. The molecule has 1 fully saturated rings. The third-order valence-corrected chi connectivity index (χ3v) is 2.86. The summed E-state index contributed by atoms with van der Waals surface area (Å²) >= 11 is 0. The molecule has 0 amide bonds. The summed E-state index contributed by atoms with van der Waals surface area (Å²) in [5.41, 5.74) is 0.196. The van der Waals surface area contributed by atoms with Crippen molar-refractivity contribution >= 4 is 0 Å². The molecule has 14 heavy (non-hydrogen) atoms. The van der Waals surface area contributed by atoms with Gasteiger partial charge in [-0.2, -0.15) is 0 Å². The molecule has 1 heterocycles. The molecule has 3 heteroatoms. The first-order chi connectivity index (χ1) is 6.56. The number of rotatable bonds is 4. The van der Waals surface area contributed by atoms with Crippen LogP contribution in [-0.2, 0) is 4.74 Å². The first-order valence-electron chi connectivity index (χ1n) is 5.62. The van der Waals surface area contributed by atoms with Crippen molar-refractivity contribution in [2.24, 2.45) is 0 Å². The van der Waals surface area contributed by atoms with E-state index in [-0.39, 0.29) is 5.54 Å². The minimum atomic E-state index is 0.196. The molecule has 0 aromatic heterocycles. The van der Waals surface area contributed by atoms with E-state index >= 15 is 0 Å². The lowest BCUT2D eigenvalue weighted by Gasteiger charge is -2.43.